The first kappa shape index (κ1) is 27.2. The first-order valence-electron chi connectivity index (χ1n) is 10.9. The zero-order valence-electron chi connectivity index (χ0n) is 19.7. The number of halogens is 6. The molecule has 3 rings (SSSR count). The molecule has 2 aromatic rings. The summed E-state index contributed by atoms with van der Waals surface area (Å²) in [5, 5.41) is 2.44. The van der Waals surface area contributed by atoms with Gasteiger partial charge < -0.3 is 15.0 Å². The Morgan fingerprint density at radius 2 is 1.78 bits per heavy atom. The zero-order valence-corrected chi connectivity index (χ0v) is 19.7. The van der Waals surface area contributed by atoms with Crippen molar-refractivity contribution in [1.82, 2.24) is 20.2 Å². The van der Waals surface area contributed by atoms with Crippen molar-refractivity contribution in [3.05, 3.63) is 58.4 Å². The normalized spacial score (nSPS) is 14.8. The lowest BCUT2D eigenvalue weighted by Crippen LogP contribution is -2.45. The molecule has 0 aliphatic carbocycles. The molecule has 0 saturated carbocycles. The van der Waals surface area contributed by atoms with E-state index in [-0.39, 0.29) is 37.2 Å². The highest BCUT2D eigenvalue weighted by atomic mass is 19.4. The number of nitrogens with one attached hydrogen (secondary N) is 1. The van der Waals surface area contributed by atoms with Gasteiger partial charge in [0.15, 0.2) is 11.6 Å². The summed E-state index contributed by atoms with van der Waals surface area (Å²) < 4.78 is 85.4. The van der Waals surface area contributed by atoms with Gasteiger partial charge in [0.05, 0.1) is 12.2 Å². The van der Waals surface area contributed by atoms with Crippen LogP contribution in [-0.2, 0) is 35.1 Å². The second kappa shape index (κ2) is 10.3. The van der Waals surface area contributed by atoms with Gasteiger partial charge in [-0.3, -0.25) is 4.79 Å². The number of carbonyl (C=O) groups excluding carboxylic acids is 2. The molecule has 1 aliphatic heterocycles. The van der Waals surface area contributed by atoms with Gasteiger partial charge in [0.25, 0.3) is 0 Å². The van der Waals surface area contributed by atoms with Gasteiger partial charge in [0.2, 0.25) is 11.7 Å². The molecule has 0 fully saturated rings. The fourth-order valence-corrected chi connectivity index (χ4v) is 3.63. The van der Waals surface area contributed by atoms with Crippen LogP contribution in [0.2, 0.25) is 0 Å². The Kier molecular flexibility index (Phi) is 7.79. The Morgan fingerprint density at radius 3 is 2.42 bits per heavy atom. The van der Waals surface area contributed by atoms with Crippen molar-refractivity contribution in [3.8, 4) is 0 Å². The fraction of sp³-hybridized carbons (Fsp3) is 0.478. The molecule has 2 amide bonds. The highest BCUT2D eigenvalue weighted by Gasteiger charge is 2.36. The lowest BCUT2D eigenvalue weighted by molar-refractivity contribution is -0.145. The van der Waals surface area contributed by atoms with E-state index >= 15 is 0 Å². The standard InChI is InChI=1S/C23H24F6N4O3/c1-22(2,3)36-21(35)31-14(6-13-7-16(25)17(26)9-15(13)24)8-19(34)33-5-4-12-10-30-20(23(27,28)29)32-18(12)11-33/h7,9-10,14H,4-6,8,11H2,1-3H3,(H,31,35)/t14-/m1/s1. The number of aromatic nitrogens is 2. The largest absolute Gasteiger partial charge is 0.451 e. The smallest absolute Gasteiger partial charge is 0.444 e. The highest BCUT2D eigenvalue weighted by Crippen LogP contribution is 2.28. The molecule has 1 aliphatic rings. The van der Waals surface area contributed by atoms with E-state index in [1.807, 2.05) is 0 Å². The summed E-state index contributed by atoms with van der Waals surface area (Å²) in [6, 6.07) is -0.105. The molecule has 0 saturated heterocycles. The van der Waals surface area contributed by atoms with Gasteiger partial charge >= 0.3 is 12.3 Å². The minimum Gasteiger partial charge on any atom is -0.444 e. The average molecular weight is 518 g/mol. The van der Waals surface area contributed by atoms with E-state index in [2.05, 4.69) is 15.3 Å². The Bertz CT molecular complexity index is 1150. The van der Waals surface area contributed by atoms with E-state index in [0.29, 0.717) is 17.7 Å². The Labute approximate surface area is 202 Å². The van der Waals surface area contributed by atoms with Crippen molar-refractivity contribution in [2.45, 2.75) is 64.4 Å². The van der Waals surface area contributed by atoms with Gasteiger partial charge in [0.1, 0.15) is 11.4 Å². The Morgan fingerprint density at radius 1 is 1.11 bits per heavy atom. The summed E-state index contributed by atoms with van der Waals surface area (Å²) in [7, 11) is 0. The monoisotopic (exact) mass is 518 g/mol. The number of alkyl halides is 3. The van der Waals surface area contributed by atoms with Gasteiger partial charge in [-0.2, -0.15) is 13.2 Å². The average Bonchev–Trinajstić information content (AvgIpc) is 2.74. The van der Waals surface area contributed by atoms with Gasteiger partial charge in [0, 0.05) is 31.3 Å². The SMILES string of the molecule is CC(C)(C)OC(=O)N[C@@H](CC(=O)N1CCc2cnc(C(F)(F)F)nc2C1)Cc1cc(F)c(F)cc1F. The van der Waals surface area contributed by atoms with Crippen LogP contribution < -0.4 is 5.32 Å². The molecule has 36 heavy (non-hydrogen) atoms. The van der Waals surface area contributed by atoms with Crippen molar-refractivity contribution in [3.63, 3.8) is 0 Å². The number of hydrogen-bond donors (Lipinski definition) is 1. The minimum absolute atomic E-state index is 0.0419. The third kappa shape index (κ3) is 7.08. The lowest BCUT2D eigenvalue weighted by Gasteiger charge is -2.30. The van der Waals surface area contributed by atoms with Crippen LogP contribution in [0, 0.1) is 17.5 Å². The van der Waals surface area contributed by atoms with Gasteiger partial charge in [-0.05, 0) is 50.8 Å². The van der Waals surface area contributed by atoms with Crippen LogP contribution in [0.1, 0.15) is 49.8 Å². The van der Waals surface area contributed by atoms with Crippen LogP contribution >= 0.6 is 0 Å². The van der Waals surface area contributed by atoms with Crippen molar-refractivity contribution in [1.29, 1.82) is 0 Å². The molecule has 7 nitrogen and oxygen atoms in total. The second-order valence-corrected chi connectivity index (χ2v) is 9.34. The summed E-state index contributed by atoms with van der Waals surface area (Å²) in [5.74, 6) is -5.66. The van der Waals surface area contributed by atoms with Crippen LogP contribution in [0.5, 0.6) is 0 Å². The van der Waals surface area contributed by atoms with E-state index in [1.165, 1.54) is 4.90 Å². The minimum atomic E-state index is -4.75. The number of carbonyl (C=O) groups is 2. The topological polar surface area (TPSA) is 84.4 Å². The maximum Gasteiger partial charge on any atom is 0.451 e. The molecular formula is C23H24F6N4O3. The molecule has 1 aromatic heterocycles. The summed E-state index contributed by atoms with van der Waals surface area (Å²) in [6.45, 7) is 4.73. The first-order chi connectivity index (χ1) is 16.6. The molecule has 0 spiro atoms. The highest BCUT2D eigenvalue weighted by molar-refractivity contribution is 5.78. The predicted molar refractivity (Wildman–Crippen MR) is 114 cm³/mol. The molecule has 1 N–H and O–H groups in total. The van der Waals surface area contributed by atoms with E-state index in [4.69, 9.17) is 4.74 Å². The third-order valence-corrected chi connectivity index (χ3v) is 5.25. The molecule has 13 heteroatoms. The summed E-state index contributed by atoms with van der Waals surface area (Å²) in [4.78, 5) is 33.4. The second-order valence-electron chi connectivity index (χ2n) is 9.34. The number of ether oxygens (including phenoxy) is 1. The van der Waals surface area contributed by atoms with Crippen molar-refractivity contribution < 1.29 is 40.7 Å². The van der Waals surface area contributed by atoms with Crippen LogP contribution in [0.25, 0.3) is 0 Å². The number of benzene rings is 1. The molecule has 0 radical (unpaired) electrons. The molecule has 1 aromatic carbocycles. The summed E-state index contributed by atoms with van der Waals surface area (Å²) in [6.07, 6.45) is -5.18. The van der Waals surface area contributed by atoms with E-state index < -0.39 is 59.5 Å². The Balaban J connectivity index is 1.78. The predicted octanol–water partition coefficient (Wildman–Crippen LogP) is 4.32. The fourth-order valence-electron chi connectivity index (χ4n) is 3.63. The number of fused-ring (bicyclic) bond motifs is 1. The molecule has 196 valence electrons. The Hall–Kier alpha value is -3.38. The van der Waals surface area contributed by atoms with Crippen molar-refractivity contribution in [2.75, 3.05) is 6.54 Å². The zero-order chi connectivity index (χ0) is 26.8. The third-order valence-electron chi connectivity index (χ3n) is 5.25. The summed E-state index contributed by atoms with van der Waals surface area (Å²) >= 11 is 0. The molecule has 1 atom stereocenters. The quantitative estimate of drug-likeness (QED) is 0.471. The van der Waals surface area contributed by atoms with Crippen LogP contribution in [0.3, 0.4) is 0 Å². The molecule has 0 unspecified atom stereocenters. The first-order valence-corrected chi connectivity index (χ1v) is 10.9. The van der Waals surface area contributed by atoms with E-state index in [0.717, 1.165) is 6.20 Å². The maximum atomic E-state index is 14.2. The summed E-state index contributed by atoms with van der Waals surface area (Å²) in [5.41, 5.74) is -0.660. The molecule has 0 bridgehead atoms. The van der Waals surface area contributed by atoms with Crippen LogP contribution in [0.15, 0.2) is 18.3 Å². The van der Waals surface area contributed by atoms with Crippen LogP contribution in [-0.4, -0.2) is 45.1 Å². The van der Waals surface area contributed by atoms with E-state index in [9.17, 15) is 35.9 Å². The molecular weight excluding hydrogens is 494 g/mol. The van der Waals surface area contributed by atoms with Gasteiger partial charge in [-0.15, -0.1) is 0 Å². The number of rotatable bonds is 5. The molecule has 2 heterocycles. The van der Waals surface area contributed by atoms with Crippen molar-refractivity contribution in [2.24, 2.45) is 0 Å². The lowest BCUT2D eigenvalue weighted by atomic mass is 10.0. The van der Waals surface area contributed by atoms with Crippen molar-refractivity contribution >= 4 is 12.0 Å². The number of amides is 2. The maximum absolute atomic E-state index is 14.2. The van der Waals surface area contributed by atoms with Crippen LogP contribution in [0.4, 0.5) is 31.1 Å². The van der Waals surface area contributed by atoms with Gasteiger partial charge in [-0.25, -0.2) is 27.9 Å². The van der Waals surface area contributed by atoms with E-state index in [1.54, 1.807) is 20.8 Å². The van der Waals surface area contributed by atoms with Gasteiger partial charge in [-0.1, -0.05) is 0 Å². The number of nitrogens with zero attached hydrogens (tertiary/aromatic N) is 3. The number of hydrogen-bond acceptors (Lipinski definition) is 5. The number of alkyl carbamates (subject to hydrolysis) is 1.